The van der Waals surface area contributed by atoms with E-state index in [4.69, 9.17) is 10.00 Å². The van der Waals surface area contributed by atoms with Gasteiger partial charge in [0.1, 0.15) is 18.9 Å². The number of carbonyl (C=O) groups excluding carboxylic acids is 1. The van der Waals surface area contributed by atoms with E-state index in [1.807, 2.05) is 16.3 Å². The first-order valence-electron chi connectivity index (χ1n) is 7.60. The average molecular weight is 341 g/mol. The average Bonchev–Trinajstić information content (AvgIpc) is 3.01. The summed E-state index contributed by atoms with van der Waals surface area (Å²) in [7, 11) is 0. The highest BCUT2D eigenvalue weighted by molar-refractivity contribution is 5.82. The van der Waals surface area contributed by atoms with Crippen LogP contribution >= 0.6 is 0 Å². The predicted octanol–water partition coefficient (Wildman–Crippen LogP) is 2.08. The molecule has 1 atom stereocenters. The number of likely N-dealkylation sites (tertiary alicyclic amines) is 1. The number of halogens is 3. The quantitative estimate of drug-likeness (QED) is 0.860. The number of alkyl halides is 3. The minimum absolute atomic E-state index is 0.290. The van der Waals surface area contributed by atoms with Gasteiger partial charge in [-0.25, -0.2) is 0 Å². The number of nitriles is 1. The summed E-state index contributed by atoms with van der Waals surface area (Å²) in [5.74, 6) is -0.0531. The number of hydrogen-bond donors (Lipinski definition) is 1. The summed E-state index contributed by atoms with van der Waals surface area (Å²) < 4.78 is 42.1. The lowest BCUT2D eigenvalue weighted by atomic mass is 10.2. The molecular weight excluding hydrogens is 323 g/mol. The van der Waals surface area contributed by atoms with Crippen molar-refractivity contribution >= 4 is 5.91 Å². The van der Waals surface area contributed by atoms with Crippen molar-refractivity contribution in [2.24, 2.45) is 0 Å². The molecule has 1 aromatic carbocycles. The first kappa shape index (κ1) is 18.1. The Kier molecular flexibility index (Phi) is 6.04. The normalized spacial score (nSPS) is 18.2. The zero-order chi connectivity index (χ0) is 17.6. The fraction of sp³-hybridized carbons (Fsp3) is 0.500. The molecule has 1 amide bonds. The van der Waals surface area contributed by atoms with Gasteiger partial charge in [-0.3, -0.25) is 9.69 Å². The summed E-state index contributed by atoms with van der Waals surface area (Å²) in [4.78, 5) is 13.7. The van der Waals surface area contributed by atoms with E-state index in [1.165, 1.54) is 0 Å². The summed E-state index contributed by atoms with van der Waals surface area (Å²) in [5, 5.41) is 10.8. The van der Waals surface area contributed by atoms with Crippen LogP contribution in [0.3, 0.4) is 0 Å². The Bertz CT molecular complexity index is 613. The van der Waals surface area contributed by atoms with Crippen LogP contribution in [0, 0.1) is 11.3 Å². The lowest BCUT2D eigenvalue weighted by Gasteiger charge is -2.23. The van der Waals surface area contributed by atoms with E-state index in [0.717, 1.165) is 6.42 Å². The Balaban J connectivity index is 1.81. The van der Waals surface area contributed by atoms with Crippen LogP contribution < -0.4 is 10.1 Å². The van der Waals surface area contributed by atoms with E-state index in [-0.39, 0.29) is 6.61 Å². The maximum Gasteiger partial charge on any atom is 0.405 e. The van der Waals surface area contributed by atoms with Gasteiger partial charge in [0, 0.05) is 6.54 Å². The van der Waals surface area contributed by atoms with Crippen LogP contribution in [-0.4, -0.2) is 49.3 Å². The van der Waals surface area contributed by atoms with Gasteiger partial charge in [0.15, 0.2) is 0 Å². The molecule has 24 heavy (non-hydrogen) atoms. The Morgan fingerprint density at radius 2 is 2.25 bits per heavy atom. The van der Waals surface area contributed by atoms with Gasteiger partial charge in [-0.05, 0) is 37.6 Å². The van der Waals surface area contributed by atoms with Gasteiger partial charge in [-0.1, -0.05) is 6.07 Å². The summed E-state index contributed by atoms with van der Waals surface area (Å²) in [6.07, 6.45) is -3.12. The van der Waals surface area contributed by atoms with Gasteiger partial charge in [0.25, 0.3) is 0 Å². The molecule has 1 fully saturated rings. The molecule has 1 N–H and O–H groups in total. The van der Waals surface area contributed by atoms with Crippen molar-refractivity contribution in [1.82, 2.24) is 10.2 Å². The van der Waals surface area contributed by atoms with Crippen molar-refractivity contribution in [2.45, 2.75) is 25.1 Å². The Hall–Kier alpha value is -2.27. The van der Waals surface area contributed by atoms with Gasteiger partial charge in [-0.2, -0.15) is 18.4 Å². The molecule has 8 heteroatoms. The molecule has 0 unspecified atom stereocenters. The molecule has 130 valence electrons. The van der Waals surface area contributed by atoms with Crippen molar-refractivity contribution in [3.8, 4) is 11.8 Å². The van der Waals surface area contributed by atoms with Gasteiger partial charge in [-0.15, -0.1) is 0 Å². The smallest absolute Gasteiger partial charge is 0.405 e. The molecule has 0 spiro atoms. The van der Waals surface area contributed by atoms with E-state index < -0.39 is 24.7 Å². The van der Waals surface area contributed by atoms with Gasteiger partial charge in [0.05, 0.1) is 17.7 Å². The number of rotatable bonds is 6. The fourth-order valence-corrected chi connectivity index (χ4v) is 2.63. The van der Waals surface area contributed by atoms with Crippen LogP contribution in [-0.2, 0) is 4.79 Å². The molecular formula is C16H18F3N3O2. The molecule has 0 aromatic heterocycles. The number of nitrogens with one attached hydrogen (secondary N) is 1. The molecule has 1 aromatic rings. The van der Waals surface area contributed by atoms with Crippen molar-refractivity contribution in [1.29, 1.82) is 5.26 Å². The number of hydrogen-bond acceptors (Lipinski definition) is 4. The minimum atomic E-state index is -4.41. The maximum absolute atomic E-state index is 12.2. The monoisotopic (exact) mass is 341 g/mol. The van der Waals surface area contributed by atoms with Crippen LogP contribution in [0.15, 0.2) is 24.3 Å². The van der Waals surface area contributed by atoms with E-state index in [2.05, 4.69) is 0 Å². The summed E-state index contributed by atoms with van der Waals surface area (Å²) in [5.41, 5.74) is 0.484. The van der Waals surface area contributed by atoms with E-state index in [0.29, 0.717) is 30.8 Å². The molecule has 0 saturated carbocycles. The second-order valence-corrected chi connectivity index (χ2v) is 5.52. The zero-order valence-corrected chi connectivity index (χ0v) is 13.0. The van der Waals surface area contributed by atoms with E-state index >= 15 is 0 Å². The highest BCUT2D eigenvalue weighted by Crippen LogP contribution is 2.19. The molecule has 1 aliphatic heterocycles. The molecule has 0 aliphatic carbocycles. The summed E-state index contributed by atoms with van der Waals surface area (Å²) in [6, 6.07) is 8.15. The van der Waals surface area contributed by atoms with Crippen molar-refractivity contribution in [3.05, 3.63) is 29.8 Å². The molecule has 1 saturated heterocycles. The van der Waals surface area contributed by atoms with Crippen LogP contribution in [0.25, 0.3) is 0 Å². The Labute approximate surface area is 138 Å². The number of ether oxygens (including phenoxy) is 1. The van der Waals surface area contributed by atoms with Crippen LogP contribution in [0.1, 0.15) is 18.4 Å². The van der Waals surface area contributed by atoms with Crippen molar-refractivity contribution < 1.29 is 22.7 Å². The molecule has 1 heterocycles. The third-order valence-corrected chi connectivity index (χ3v) is 3.74. The van der Waals surface area contributed by atoms with Crippen molar-refractivity contribution in [2.75, 3.05) is 26.2 Å². The highest BCUT2D eigenvalue weighted by Gasteiger charge is 2.33. The van der Waals surface area contributed by atoms with Crippen LogP contribution in [0.5, 0.6) is 5.75 Å². The van der Waals surface area contributed by atoms with Gasteiger partial charge < -0.3 is 10.1 Å². The van der Waals surface area contributed by atoms with Crippen LogP contribution in [0.2, 0.25) is 0 Å². The van der Waals surface area contributed by atoms with E-state index in [1.54, 1.807) is 24.3 Å². The lowest BCUT2D eigenvalue weighted by molar-refractivity contribution is -0.141. The fourth-order valence-electron chi connectivity index (χ4n) is 2.63. The summed E-state index contributed by atoms with van der Waals surface area (Å²) in [6.45, 7) is 0.0537. The second kappa shape index (κ2) is 8.02. The molecule has 0 radical (unpaired) electrons. The summed E-state index contributed by atoms with van der Waals surface area (Å²) >= 11 is 0. The largest absolute Gasteiger partial charge is 0.492 e. The third kappa shape index (κ3) is 5.42. The van der Waals surface area contributed by atoms with Gasteiger partial charge in [0.2, 0.25) is 5.91 Å². The molecule has 1 aliphatic rings. The lowest BCUT2D eigenvalue weighted by Crippen LogP contribution is -2.46. The van der Waals surface area contributed by atoms with Crippen LogP contribution in [0.4, 0.5) is 13.2 Å². The number of amides is 1. The Morgan fingerprint density at radius 1 is 1.46 bits per heavy atom. The molecule has 5 nitrogen and oxygen atoms in total. The highest BCUT2D eigenvalue weighted by atomic mass is 19.4. The topological polar surface area (TPSA) is 65.4 Å². The second-order valence-electron chi connectivity index (χ2n) is 5.52. The molecule has 2 rings (SSSR count). The third-order valence-electron chi connectivity index (χ3n) is 3.74. The number of benzene rings is 1. The number of carbonyl (C=O) groups is 1. The van der Waals surface area contributed by atoms with Gasteiger partial charge >= 0.3 is 6.18 Å². The Morgan fingerprint density at radius 3 is 2.96 bits per heavy atom. The first-order valence-corrected chi connectivity index (χ1v) is 7.60. The maximum atomic E-state index is 12.2. The molecule has 0 bridgehead atoms. The van der Waals surface area contributed by atoms with Crippen molar-refractivity contribution in [3.63, 3.8) is 0 Å². The predicted molar refractivity (Wildman–Crippen MR) is 80.3 cm³/mol. The first-order chi connectivity index (χ1) is 11.4. The zero-order valence-electron chi connectivity index (χ0n) is 13.0. The van der Waals surface area contributed by atoms with E-state index in [9.17, 15) is 18.0 Å². The standard InChI is InChI=1S/C16H18F3N3O2/c17-16(18,19)11-21-15(23)14-5-2-6-22(14)7-8-24-13-4-1-3-12(9-13)10-20/h1,3-4,9,14H,2,5-8,11H2,(H,21,23)/t14-/m0/s1. The number of nitrogens with zero attached hydrogens (tertiary/aromatic N) is 2. The SMILES string of the molecule is N#Cc1cccc(OCCN2CCC[C@H]2C(=O)NCC(F)(F)F)c1. The minimum Gasteiger partial charge on any atom is -0.492 e.